The van der Waals surface area contributed by atoms with Gasteiger partial charge in [0.05, 0.1) is 22.8 Å². The lowest BCUT2D eigenvalue weighted by molar-refractivity contribution is 0.415. The van der Waals surface area contributed by atoms with E-state index in [0.717, 1.165) is 26.7 Å². The minimum Gasteiger partial charge on any atom is -0.497 e. The lowest BCUT2D eigenvalue weighted by Crippen LogP contribution is -1.96. The van der Waals surface area contributed by atoms with Gasteiger partial charge in [-0.1, -0.05) is 42.5 Å². The number of hydrogen-bond acceptors (Lipinski definition) is 2. The zero-order valence-corrected chi connectivity index (χ0v) is 13.0. The van der Waals surface area contributed by atoms with E-state index in [2.05, 4.69) is 6.58 Å². The van der Waals surface area contributed by atoms with E-state index in [1.165, 1.54) is 0 Å². The van der Waals surface area contributed by atoms with Gasteiger partial charge in [0.25, 0.3) is 0 Å². The van der Waals surface area contributed by atoms with Gasteiger partial charge in [-0.3, -0.25) is 0 Å². The summed E-state index contributed by atoms with van der Waals surface area (Å²) in [6, 6.07) is 15.2. The summed E-state index contributed by atoms with van der Waals surface area (Å²) in [5, 5.41) is 0. The fourth-order valence-corrected chi connectivity index (χ4v) is 3.12. The first-order valence-electron chi connectivity index (χ1n) is 6.61. The Balaban J connectivity index is 2.38. The van der Waals surface area contributed by atoms with Crippen molar-refractivity contribution in [3.05, 3.63) is 78.4 Å². The van der Waals surface area contributed by atoms with Crippen LogP contribution in [0.25, 0.3) is 4.91 Å². The molecular formula is C18H18O2S. The molecule has 0 aromatic heterocycles. The molecule has 1 atom stereocenters. The van der Waals surface area contributed by atoms with Gasteiger partial charge in [0.2, 0.25) is 0 Å². The first-order valence-corrected chi connectivity index (χ1v) is 7.76. The molecule has 0 spiro atoms. The lowest BCUT2D eigenvalue weighted by Gasteiger charge is -2.09. The minimum atomic E-state index is -1.24. The lowest BCUT2D eigenvalue weighted by atomic mass is 10.2. The summed E-state index contributed by atoms with van der Waals surface area (Å²) in [5.41, 5.74) is 2.05. The Morgan fingerprint density at radius 2 is 1.71 bits per heavy atom. The summed E-state index contributed by atoms with van der Waals surface area (Å²) in [6.07, 6.45) is 3.45. The van der Waals surface area contributed by atoms with Gasteiger partial charge in [0.1, 0.15) is 5.75 Å². The second-order valence-corrected chi connectivity index (χ2v) is 6.03. The summed E-state index contributed by atoms with van der Waals surface area (Å²) in [5.74, 6) is 0.776. The first-order chi connectivity index (χ1) is 10.2. The maximum absolute atomic E-state index is 12.8. The monoisotopic (exact) mass is 298 g/mol. The molecule has 0 N–H and O–H groups in total. The van der Waals surface area contributed by atoms with Crippen LogP contribution in [-0.4, -0.2) is 11.3 Å². The number of methoxy groups -OCH3 is 1. The van der Waals surface area contributed by atoms with E-state index in [-0.39, 0.29) is 0 Å². The van der Waals surface area contributed by atoms with Crippen LogP contribution in [-0.2, 0) is 10.8 Å². The van der Waals surface area contributed by atoms with Crippen LogP contribution >= 0.6 is 0 Å². The number of ether oxygens (including phenoxy) is 1. The number of rotatable bonds is 5. The molecule has 0 aliphatic heterocycles. The van der Waals surface area contributed by atoms with Gasteiger partial charge in [0, 0.05) is 4.90 Å². The maximum atomic E-state index is 12.8. The number of benzene rings is 2. The number of allylic oxidation sites excluding steroid dienone is 2. The third kappa shape index (κ3) is 3.70. The Morgan fingerprint density at radius 1 is 1.10 bits per heavy atom. The van der Waals surface area contributed by atoms with Crippen molar-refractivity contribution in [3.63, 3.8) is 0 Å². The van der Waals surface area contributed by atoms with Crippen molar-refractivity contribution in [3.8, 4) is 5.75 Å². The molecule has 0 bridgehead atoms. The summed E-state index contributed by atoms with van der Waals surface area (Å²) in [6.45, 7) is 5.72. The number of hydrogen-bond donors (Lipinski definition) is 0. The molecule has 0 aliphatic carbocycles. The largest absolute Gasteiger partial charge is 0.497 e. The Hall–Kier alpha value is -2.13. The highest BCUT2D eigenvalue weighted by atomic mass is 32.2. The average Bonchev–Trinajstić information content (AvgIpc) is 2.53. The van der Waals surface area contributed by atoms with E-state index in [0.29, 0.717) is 0 Å². The van der Waals surface area contributed by atoms with Crippen molar-refractivity contribution in [1.29, 1.82) is 0 Å². The molecule has 0 aliphatic rings. The van der Waals surface area contributed by atoms with Gasteiger partial charge < -0.3 is 4.74 Å². The van der Waals surface area contributed by atoms with Crippen molar-refractivity contribution in [1.82, 2.24) is 0 Å². The van der Waals surface area contributed by atoms with Crippen molar-refractivity contribution >= 4 is 15.7 Å². The summed E-state index contributed by atoms with van der Waals surface area (Å²) < 4.78 is 17.9. The van der Waals surface area contributed by atoms with Gasteiger partial charge >= 0.3 is 0 Å². The standard InChI is InChI=1S/C18H18O2S/c1-4-5-18(15-8-10-16(20-3)11-9-15)21(19)17-12-6-14(2)7-13-17/h4-13H,1H2,2-3H3/b18-5-/t21-/m0/s1. The molecule has 0 saturated heterocycles. The molecule has 0 amide bonds. The third-order valence-corrected chi connectivity index (χ3v) is 4.55. The van der Waals surface area contributed by atoms with E-state index in [1.54, 1.807) is 19.3 Å². The van der Waals surface area contributed by atoms with Crippen LogP contribution in [0.4, 0.5) is 0 Å². The Bertz CT molecular complexity index is 667. The SMILES string of the molecule is C=C/C=C(/c1ccc(OC)cc1)[S@@](=O)c1ccc(C)cc1. The van der Waals surface area contributed by atoms with Gasteiger partial charge in [-0.2, -0.15) is 0 Å². The molecule has 108 valence electrons. The van der Waals surface area contributed by atoms with E-state index in [9.17, 15) is 4.21 Å². The molecule has 0 radical (unpaired) electrons. The predicted octanol–water partition coefficient (Wildman–Crippen LogP) is 4.34. The molecule has 2 aromatic carbocycles. The molecule has 2 nitrogen and oxygen atoms in total. The van der Waals surface area contributed by atoms with E-state index in [1.807, 2.05) is 55.5 Å². The van der Waals surface area contributed by atoms with Gasteiger partial charge in [-0.15, -0.1) is 0 Å². The topological polar surface area (TPSA) is 26.3 Å². The van der Waals surface area contributed by atoms with Crippen molar-refractivity contribution in [2.24, 2.45) is 0 Å². The van der Waals surface area contributed by atoms with Crippen LogP contribution in [0.5, 0.6) is 5.75 Å². The smallest absolute Gasteiger partial charge is 0.118 e. The van der Waals surface area contributed by atoms with E-state index in [4.69, 9.17) is 4.74 Å². The fraction of sp³-hybridized carbons (Fsp3) is 0.111. The third-order valence-electron chi connectivity index (χ3n) is 3.08. The highest BCUT2D eigenvalue weighted by Crippen LogP contribution is 2.26. The zero-order valence-electron chi connectivity index (χ0n) is 12.2. The molecule has 0 saturated carbocycles. The first kappa shape index (κ1) is 15.3. The summed E-state index contributed by atoms with van der Waals surface area (Å²) in [7, 11) is 0.385. The molecule has 0 unspecified atom stereocenters. The van der Waals surface area contributed by atoms with Crippen molar-refractivity contribution in [2.45, 2.75) is 11.8 Å². The normalized spacial score (nSPS) is 12.8. The zero-order chi connectivity index (χ0) is 15.2. The van der Waals surface area contributed by atoms with Crippen LogP contribution in [0.3, 0.4) is 0 Å². The highest BCUT2D eigenvalue weighted by molar-refractivity contribution is 7.94. The Morgan fingerprint density at radius 3 is 2.24 bits per heavy atom. The number of aryl methyl sites for hydroxylation is 1. The Kier molecular flexibility index (Phi) is 5.12. The van der Waals surface area contributed by atoms with Crippen molar-refractivity contribution in [2.75, 3.05) is 7.11 Å². The summed E-state index contributed by atoms with van der Waals surface area (Å²) in [4.78, 5) is 1.51. The van der Waals surface area contributed by atoms with Crippen LogP contribution in [0.2, 0.25) is 0 Å². The van der Waals surface area contributed by atoms with Gasteiger partial charge in [-0.25, -0.2) is 4.21 Å². The molecule has 0 heterocycles. The second kappa shape index (κ2) is 7.04. The maximum Gasteiger partial charge on any atom is 0.118 e. The van der Waals surface area contributed by atoms with Crippen LogP contribution in [0.1, 0.15) is 11.1 Å². The van der Waals surface area contributed by atoms with Gasteiger partial charge in [-0.05, 0) is 42.8 Å². The highest BCUT2D eigenvalue weighted by Gasteiger charge is 2.12. The predicted molar refractivity (Wildman–Crippen MR) is 88.8 cm³/mol. The minimum absolute atomic E-state index is 0.733. The Labute approximate surface area is 128 Å². The molecule has 0 fully saturated rings. The molecule has 2 rings (SSSR count). The van der Waals surface area contributed by atoms with Crippen LogP contribution in [0.15, 0.2) is 72.2 Å². The van der Waals surface area contributed by atoms with E-state index >= 15 is 0 Å². The molecule has 21 heavy (non-hydrogen) atoms. The quantitative estimate of drug-likeness (QED) is 0.768. The van der Waals surface area contributed by atoms with Crippen LogP contribution in [0, 0.1) is 6.92 Å². The second-order valence-electron chi connectivity index (χ2n) is 4.58. The van der Waals surface area contributed by atoms with E-state index < -0.39 is 10.8 Å². The molecule has 2 aromatic rings. The average molecular weight is 298 g/mol. The van der Waals surface area contributed by atoms with Crippen molar-refractivity contribution < 1.29 is 8.95 Å². The molecular weight excluding hydrogens is 280 g/mol. The fourth-order valence-electron chi connectivity index (χ4n) is 1.92. The summed E-state index contributed by atoms with van der Waals surface area (Å²) >= 11 is 0. The van der Waals surface area contributed by atoms with Gasteiger partial charge in [0.15, 0.2) is 0 Å². The molecule has 3 heteroatoms. The van der Waals surface area contributed by atoms with Crippen LogP contribution < -0.4 is 4.74 Å².